The molecule has 96 valence electrons. The van der Waals surface area contributed by atoms with Crippen molar-refractivity contribution in [2.75, 3.05) is 13.2 Å². The molecule has 0 atom stereocenters. The van der Waals surface area contributed by atoms with Crippen LogP contribution >= 0.6 is 15.9 Å². The summed E-state index contributed by atoms with van der Waals surface area (Å²) in [6, 6.07) is 5.79. The lowest BCUT2D eigenvalue weighted by atomic mass is 10.1. The summed E-state index contributed by atoms with van der Waals surface area (Å²) in [5.74, 6) is 0.789. The third-order valence-corrected chi connectivity index (χ3v) is 3.29. The molecule has 18 heavy (non-hydrogen) atoms. The Hall–Kier alpha value is -1.29. The van der Waals surface area contributed by atoms with Crippen molar-refractivity contribution in [1.82, 2.24) is 5.32 Å². The third-order valence-electron chi connectivity index (χ3n) is 2.79. The van der Waals surface area contributed by atoms with E-state index in [4.69, 9.17) is 4.74 Å². The fourth-order valence-electron chi connectivity index (χ4n) is 1.77. The minimum absolute atomic E-state index is 0.0333. The summed E-state index contributed by atoms with van der Waals surface area (Å²) < 4.78 is 6.55. The second-order valence-corrected chi connectivity index (χ2v) is 5.17. The van der Waals surface area contributed by atoms with E-state index < -0.39 is 0 Å². The van der Waals surface area contributed by atoms with Gasteiger partial charge in [-0.2, -0.15) is 0 Å². The van der Waals surface area contributed by atoms with Gasteiger partial charge in [-0.05, 0) is 30.7 Å². The quantitative estimate of drug-likeness (QED) is 0.868. The largest absolute Gasteiger partial charge is 0.488 e. The first kappa shape index (κ1) is 13.1. The van der Waals surface area contributed by atoms with E-state index in [0.717, 1.165) is 35.2 Å². The van der Waals surface area contributed by atoms with Crippen LogP contribution in [0.1, 0.15) is 25.3 Å². The number of nitrogens with one attached hydrogen (secondary N) is 1. The number of carbonyl (C=O) groups excluding carboxylic acids is 1. The normalized spacial score (nSPS) is 13.3. The summed E-state index contributed by atoms with van der Waals surface area (Å²) in [7, 11) is 0. The molecule has 0 spiro atoms. The predicted octanol–water partition coefficient (Wildman–Crippen LogP) is 3.14. The fraction of sp³-hybridized carbons (Fsp3) is 0.357. The zero-order valence-corrected chi connectivity index (χ0v) is 11.9. The lowest BCUT2D eigenvalue weighted by Gasteiger charge is -2.17. The Balaban J connectivity index is 2.09. The van der Waals surface area contributed by atoms with E-state index >= 15 is 0 Å². The maximum Gasteiger partial charge on any atom is 0.250 e. The van der Waals surface area contributed by atoms with Crippen molar-refractivity contribution in [3.8, 4) is 5.75 Å². The van der Waals surface area contributed by atoms with Crippen molar-refractivity contribution in [3.05, 3.63) is 33.8 Å². The van der Waals surface area contributed by atoms with Gasteiger partial charge in [-0.1, -0.05) is 29.3 Å². The highest BCUT2D eigenvalue weighted by atomic mass is 79.9. The van der Waals surface area contributed by atoms with Gasteiger partial charge < -0.3 is 10.1 Å². The summed E-state index contributed by atoms with van der Waals surface area (Å²) in [6.45, 7) is 3.16. The first-order chi connectivity index (χ1) is 8.70. The molecule has 1 aromatic rings. The molecule has 1 heterocycles. The van der Waals surface area contributed by atoms with Crippen LogP contribution in [0.25, 0.3) is 6.08 Å². The molecule has 0 fully saturated rings. The fourth-order valence-corrected chi connectivity index (χ4v) is 2.15. The molecule has 0 bridgehead atoms. The number of halogens is 1. The standard InChI is InChI=1S/C14H16BrNO2/c1-2-3-6-16-14(17)11-7-10-8-12(15)4-5-13(10)18-9-11/h4-5,7-8H,2-3,6,9H2,1H3,(H,16,17). The van der Waals surface area contributed by atoms with Gasteiger partial charge in [-0.25, -0.2) is 0 Å². The van der Waals surface area contributed by atoms with Crippen LogP contribution < -0.4 is 10.1 Å². The van der Waals surface area contributed by atoms with Crippen LogP contribution in [-0.4, -0.2) is 19.1 Å². The van der Waals surface area contributed by atoms with E-state index in [1.807, 2.05) is 24.3 Å². The molecule has 1 aliphatic rings. The van der Waals surface area contributed by atoms with Gasteiger partial charge >= 0.3 is 0 Å². The van der Waals surface area contributed by atoms with Crippen molar-refractivity contribution in [2.45, 2.75) is 19.8 Å². The maximum absolute atomic E-state index is 11.9. The second-order valence-electron chi connectivity index (χ2n) is 4.25. The van der Waals surface area contributed by atoms with Crippen LogP contribution in [-0.2, 0) is 4.79 Å². The molecule has 0 radical (unpaired) electrons. The Morgan fingerprint density at radius 1 is 1.50 bits per heavy atom. The lowest BCUT2D eigenvalue weighted by Crippen LogP contribution is -2.29. The van der Waals surface area contributed by atoms with Gasteiger partial charge in [0.1, 0.15) is 12.4 Å². The van der Waals surface area contributed by atoms with E-state index in [1.54, 1.807) is 0 Å². The first-order valence-electron chi connectivity index (χ1n) is 6.12. The molecule has 1 N–H and O–H groups in total. The minimum Gasteiger partial charge on any atom is -0.488 e. The highest BCUT2D eigenvalue weighted by molar-refractivity contribution is 9.10. The van der Waals surface area contributed by atoms with Gasteiger partial charge in [0, 0.05) is 16.6 Å². The number of hydrogen-bond acceptors (Lipinski definition) is 2. The van der Waals surface area contributed by atoms with E-state index in [0.29, 0.717) is 12.2 Å². The van der Waals surface area contributed by atoms with Crippen LogP contribution in [0.15, 0.2) is 28.2 Å². The molecule has 1 aromatic carbocycles. The number of carbonyl (C=O) groups is 1. The summed E-state index contributed by atoms with van der Waals surface area (Å²) in [4.78, 5) is 11.9. The molecule has 1 amide bonds. The smallest absolute Gasteiger partial charge is 0.250 e. The van der Waals surface area contributed by atoms with Gasteiger partial charge in [0.25, 0.3) is 5.91 Å². The highest BCUT2D eigenvalue weighted by Gasteiger charge is 2.16. The molecule has 0 unspecified atom stereocenters. The van der Waals surface area contributed by atoms with E-state index in [2.05, 4.69) is 28.2 Å². The maximum atomic E-state index is 11.9. The molecule has 2 rings (SSSR count). The molecule has 4 heteroatoms. The van der Waals surface area contributed by atoms with E-state index in [1.165, 1.54) is 0 Å². The van der Waals surface area contributed by atoms with Crippen LogP contribution in [0.2, 0.25) is 0 Å². The van der Waals surface area contributed by atoms with Gasteiger partial charge in [-0.3, -0.25) is 4.79 Å². The van der Waals surface area contributed by atoms with Crippen LogP contribution in [0.3, 0.4) is 0 Å². The topological polar surface area (TPSA) is 38.3 Å². The summed E-state index contributed by atoms with van der Waals surface area (Å²) in [5, 5.41) is 2.90. The molecule has 0 saturated carbocycles. The Bertz CT molecular complexity index is 483. The van der Waals surface area contributed by atoms with Crippen molar-refractivity contribution < 1.29 is 9.53 Å². The Morgan fingerprint density at radius 2 is 2.33 bits per heavy atom. The van der Waals surface area contributed by atoms with E-state index in [9.17, 15) is 4.79 Å². The number of unbranched alkanes of at least 4 members (excludes halogenated alkanes) is 1. The number of ether oxygens (including phenoxy) is 1. The van der Waals surface area contributed by atoms with Crippen molar-refractivity contribution in [2.24, 2.45) is 0 Å². The Labute approximate surface area is 115 Å². The average molecular weight is 310 g/mol. The van der Waals surface area contributed by atoms with Gasteiger partial charge in [0.05, 0.1) is 5.57 Å². The summed E-state index contributed by atoms with van der Waals surface area (Å²) in [5.41, 5.74) is 1.62. The van der Waals surface area contributed by atoms with Crippen LogP contribution in [0.4, 0.5) is 0 Å². The molecule has 3 nitrogen and oxygen atoms in total. The number of benzene rings is 1. The summed E-state index contributed by atoms with van der Waals surface area (Å²) in [6.07, 6.45) is 3.97. The molecular weight excluding hydrogens is 294 g/mol. The van der Waals surface area contributed by atoms with Gasteiger partial charge in [0.15, 0.2) is 0 Å². The molecule has 0 aliphatic carbocycles. The van der Waals surface area contributed by atoms with Crippen LogP contribution in [0, 0.1) is 0 Å². The zero-order valence-electron chi connectivity index (χ0n) is 10.3. The minimum atomic E-state index is -0.0333. The van der Waals surface area contributed by atoms with Crippen molar-refractivity contribution in [3.63, 3.8) is 0 Å². The van der Waals surface area contributed by atoms with Gasteiger partial charge in [-0.15, -0.1) is 0 Å². The first-order valence-corrected chi connectivity index (χ1v) is 6.91. The van der Waals surface area contributed by atoms with Gasteiger partial charge in [0.2, 0.25) is 0 Å². The van der Waals surface area contributed by atoms with E-state index in [-0.39, 0.29) is 5.91 Å². The average Bonchev–Trinajstić information content (AvgIpc) is 2.38. The number of fused-ring (bicyclic) bond motifs is 1. The monoisotopic (exact) mass is 309 g/mol. The number of amides is 1. The number of rotatable bonds is 4. The van der Waals surface area contributed by atoms with Crippen LogP contribution in [0.5, 0.6) is 5.75 Å². The molecular formula is C14H16BrNO2. The highest BCUT2D eigenvalue weighted by Crippen LogP contribution is 2.29. The number of hydrogen-bond donors (Lipinski definition) is 1. The molecule has 0 saturated heterocycles. The van der Waals surface area contributed by atoms with Crippen molar-refractivity contribution >= 4 is 27.9 Å². The third kappa shape index (κ3) is 3.13. The predicted molar refractivity (Wildman–Crippen MR) is 75.5 cm³/mol. The SMILES string of the molecule is CCCCNC(=O)C1=Cc2cc(Br)ccc2OC1. The Kier molecular flexibility index (Phi) is 4.42. The second kappa shape index (κ2) is 6.05. The Morgan fingerprint density at radius 3 is 3.11 bits per heavy atom. The lowest BCUT2D eigenvalue weighted by molar-refractivity contribution is -0.117. The summed E-state index contributed by atoms with van der Waals surface area (Å²) >= 11 is 3.41. The molecule has 1 aliphatic heterocycles. The van der Waals surface area contributed by atoms with Crippen molar-refractivity contribution in [1.29, 1.82) is 0 Å². The molecule has 0 aromatic heterocycles. The zero-order chi connectivity index (χ0) is 13.0.